The topological polar surface area (TPSA) is 133 Å². The number of aryl methyl sites for hydroxylation is 1. The van der Waals surface area contributed by atoms with E-state index in [1.807, 2.05) is 18.7 Å². The van der Waals surface area contributed by atoms with E-state index in [0.29, 0.717) is 46.8 Å². The average molecular weight is 568 g/mol. The van der Waals surface area contributed by atoms with Gasteiger partial charge in [-0.2, -0.15) is 0 Å². The van der Waals surface area contributed by atoms with E-state index in [0.717, 1.165) is 12.8 Å². The molecule has 1 aliphatic heterocycles. The molecule has 2 atom stereocenters. The van der Waals surface area contributed by atoms with Gasteiger partial charge in [-0.25, -0.2) is 31.9 Å². The summed E-state index contributed by atoms with van der Waals surface area (Å²) in [5, 5.41) is 21.8. The summed E-state index contributed by atoms with van der Waals surface area (Å²) in [5.41, 5.74) is -0.266. The average Bonchev–Trinajstić information content (AvgIpc) is 3.32. The van der Waals surface area contributed by atoms with E-state index in [4.69, 9.17) is 0 Å². The van der Waals surface area contributed by atoms with Gasteiger partial charge in [0.15, 0.2) is 10.0 Å². The number of hydrogen-bond donors (Lipinski definition) is 3. The van der Waals surface area contributed by atoms with Gasteiger partial charge in [0.05, 0.1) is 27.7 Å². The van der Waals surface area contributed by atoms with Crippen LogP contribution in [0.2, 0.25) is 0 Å². The molecule has 0 spiro atoms. The Labute approximate surface area is 224 Å². The standard InChI is InChI=1S/C24H31F2N7O3S2/c1-12-10-33(11-17(27-12)23(3,4)34)16-9-14(38(35,36)32-24(5)6-7-24)8-15-18(16)28-13(2)29-19(15)21-30-31-22(37-21)20(25)26/h8-9,12,17,20,27,32,34H,6-7,10-11H2,1-5H3/t12-,17+/m0/s1. The van der Waals surface area contributed by atoms with Crippen molar-refractivity contribution in [2.24, 2.45) is 0 Å². The molecule has 3 N–H and O–H groups in total. The van der Waals surface area contributed by atoms with Gasteiger partial charge in [0.1, 0.15) is 11.5 Å². The van der Waals surface area contributed by atoms with Gasteiger partial charge >= 0.3 is 0 Å². The number of nitrogens with one attached hydrogen (secondary N) is 2. The smallest absolute Gasteiger partial charge is 0.291 e. The fourth-order valence-electron chi connectivity index (χ4n) is 4.65. The first-order valence-electron chi connectivity index (χ1n) is 12.4. The first-order valence-corrected chi connectivity index (χ1v) is 14.7. The van der Waals surface area contributed by atoms with E-state index < -0.39 is 32.6 Å². The molecule has 14 heteroatoms. The van der Waals surface area contributed by atoms with Gasteiger partial charge in [0.2, 0.25) is 10.0 Å². The first-order chi connectivity index (χ1) is 17.6. The van der Waals surface area contributed by atoms with Crippen molar-refractivity contribution < 1.29 is 22.3 Å². The van der Waals surface area contributed by atoms with Gasteiger partial charge in [0.25, 0.3) is 6.43 Å². The zero-order valence-electron chi connectivity index (χ0n) is 21.8. The maximum Gasteiger partial charge on any atom is 0.291 e. The molecule has 2 fully saturated rings. The van der Waals surface area contributed by atoms with E-state index in [1.54, 1.807) is 26.8 Å². The van der Waals surface area contributed by atoms with Crippen LogP contribution >= 0.6 is 11.3 Å². The first kappa shape index (κ1) is 27.2. The van der Waals surface area contributed by atoms with E-state index >= 15 is 0 Å². The summed E-state index contributed by atoms with van der Waals surface area (Å²) < 4.78 is 56.4. The molecule has 3 heterocycles. The van der Waals surface area contributed by atoms with Crippen LogP contribution in [0, 0.1) is 6.92 Å². The zero-order chi connectivity index (χ0) is 27.6. The number of benzene rings is 1. The van der Waals surface area contributed by atoms with Crippen LogP contribution in [0.4, 0.5) is 14.5 Å². The quantitative estimate of drug-likeness (QED) is 0.394. The Balaban J connectivity index is 1.73. The minimum atomic E-state index is -3.93. The molecule has 1 saturated carbocycles. The molecule has 1 saturated heterocycles. The van der Waals surface area contributed by atoms with Gasteiger partial charge in [0, 0.05) is 30.1 Å². The highest BCUT2D eigenvalue weighted by Gasteiger charge is 2.42. The van der Waals surface area contributed by atoms with E-state index in [1.165, 1.54) is 6.07 Å². The summed E-state index contributed by atoms with van der Waals surface area (Å²) in [7, 11) is -3.93. The Hall–Kier alpha value is -2.39. The number of aliphatic hydroxyl groups is 1. The summed E-state index contributed by atoms with van der Waals surface area (Å²) >= 11 is 0.712. The van der Waals surface area contributed by atoms with Crippen LogP contribution in [0.3, 0.4) is 0 Å². The maximum absolute atomic E-state index is 13.5. The fraction of sp³-hybridized carbons (Fsp3) is 0.583. The van der Waals surface area contributed by atoms with Gasteiger partial charge in [-0.05, 0) is 59.6 Å². The molecular formula is C24H31F2N7O3S2. The summed E-state index contributed by atoms with van der Waals surface area (Å²) in [6.45, 7) is 9.89. The minimum Gasteiger partial charge on any atom is -0.389 e. The second kappa shape index (κ2) is 9.37. The molecule has 1 aromatic carbocycles. The maximum atomic E-state index is 13.5. The Morgan fingerprint density at radius 2 is 1.95 bits per heavy atom. The second-order valence-electron chi connectivity index (χ2n) is 11.0. The molecule has 2 aromatic heterocycles. The third-order valence-corrected chi connectivity index (χ3v) is 9.52. The third-order valence-electron chi connectivity index (χ3n) is 6.96. The van der Waals surface area contributed by atoms with Crippen molar-refractivity contribution in [2.75, 3.05) is 18.0 Å². The highest BCUT2D eigenvalue weighted by atomic mass is 32.2. The number of aromatic nitrogens is 4. The molecule has 0 radical (unpaired) electrons. The summed E-state index contributed by atoms with van der Waals surface area (Å²) in [5.74, 6) is 0.379. The molecule has 38 heavy (non-hydrogen) atoms. The highest BCUT2D eigenvalue weighted by molar-refractivity contribution is 7.89. The number of nitrogens with zero attached hydrogens (tertiary/aromatic N) is 5. The molecule has 206 valence electrons. The fourth-order valence-corrected chi connectivity index (χ4v) is 6.86. The summed E-state index contributed by atoms with van der Waals surface area (Å²) in [4.78, 5) is 11.2. The van der Waals surface area contributed by atoms with Gasteiger partial charge in [-0.15, -0.1) is 10.2 Å². The largest absolute Gasteiger partial charge is 0.389 e. The van der Waals surface area contributed by atoms with Crippen LogP contribution in [0.1, 0.15) is 57.8 Å². The van der Waals surface area contributed by atoms with Crippen molar-refractivity contribution in [3.8, 4) is 10.7 Å². The van der Waals surface area contributed by atoms with E-state index in [9.17, 15) is 22.3 Å². The molecule has 2 aliphatic rings. The number of rotatable bonds is 7. The van der Waals surface area contributed by atoms with Crippen molar-refractivity contribution in [3.63, 3.8) is 0 Å². The van der Waals surface area contributed by atoms with Crippen LogP contribution in [-0.2, 0) is 10.0 Å². The number of anilines is 1. The van der Waals surface area contributed by atoms with Crippen LogP contribution in [-0.4, -0.2) is 70.0 Å². The number of piperazine rings is 1. The Morgan fingerprint density at radius 3 is 2.55 bits per heavy atom. The lowest BCUT2D eigenvalue weighted by molar-refractivity contribution is 0.0310. The van der Waals surface area contributed by atoms with Crippen LogP contribution in [0.5, 0.6) is 0 Å². The third kappa shape index (κ3) is 5.37. The lowest BCUT2D eigenvalue weighted by Gasteiger charge is -2.43. The molecule has 0 amide bonds. The number of halogens is 2. The molecule has 1 aliphatic carbocycles. The predicted octanol–water partition coefficient (Wildman–Crippen LogP) is 3.16. The van der Waals surface area contributed by atoms with Crippen molar-refractivity contribution in [2.45, 2.75) is 82.0 Å². The Morgan fingerprint density at radius 1 is 1.24 bits per heavy atom. The van der Waals surface area contributed by atoms with Crippen molar-refractivity contribution in [1.82, 2.24) is 30.2 Å². The molecular weight excluding hydrogens is 536 g/mol. The van der Waals surface area contributed by atoms with E-state index in [2.05, 4.69) is 30.2 Å². The molecule has 10 nitrogen and oxygen atoms in total. The monoisotopic (exact) mass is 567 g/mol. The van der Waals surface area contributed by atoms with Gasteiger partial charge < -0.3 is 15.3 Å². The van der Waals surface area contributed by atoms with Crippen molar-refractivity contribution in [1.29, 1.82) is 0 Å². The van der Waals surface area contributed by atoms with Crippen LogP contribution in [0.25, 0.3) is 21.6 Å². The van der Waals surface area contributed by atoms with Crippen LogP contribution in [0.15, 0.2) is 17.0 Å². The second-order valence-corrected chi connectivity index (χ2v) is 13.7. The lowest BCUT2D eigenvalue weighted by atomic mass is 9.94. The van der Waals surface area contributed by atoms with Crippen molar-refractivity contribution >= 4 is 38.0 Å². The molecule has 0 bridgehead atoms. The minimum absolute atomic E-state index is 0.0156. The Kier molecular flexibility index (Phi) is 6.70. The van der Waals surface area contributed by atoms with Gasteiger partial charge in [-0.3, -0.25) is 0 Å². The van der Waals surface area contributed by atoms with Crippen molar-refractivity contribution in [3.05, 3.63) is 23.0 Å². The summed E-state index contributed by atoms with van der Waals surface area (Å²) in [6.07, 6.45) is -1.31. The lowest BCUT2D eigenvalue weighted by Crippen LogP contribution is -2.62. The number of hydrogen-bond acceptors (Lipinski definition) is 10. The Bertz CT molecular complexity index is 1490. The molecule has 3 aromatic rings. The summed E-state index contributed by atoms with van der Waals surface area (Å²) in [6, 6.07) is 2.75. The predicted molar refractivity (Wildman–Crippen MR) is 141 cm³/mol. The SMILES string of the molecule is Cc1nc(-c2nnc(C(F)F)s2)c2cc(S(=O)(=O)NC3(C)CC3)cc(N3C[C@H](C)N[C@@H](C(C)(C)O)C3)c2n1. The number of fused-ring (bicyclic) bond motifs is 1. The number of sulfonamides is 1. The van der Waals surface area contributed by atoms with E-state index in [-0.39, 0.29) is 27.7 Å². The molecule has 0 unspecified atom stereocenters. The normalized spacial score (nSPS) is 21.9. The number of alkyl halides is 2. The zero-order valence-corrected chi connectivity index (χ0v) is 23.4. The molecule has 5 rings (SSSR count). The van der Waals surface area contributed by atoms with Crippen LogP contribution < -0.4 is 14.9 Å². The highest BCUT2D eigenvalue weighted by Crippen LogP contribution is 2.40. The van der Waals surface area contributed by atoms with Gasteiger partial charge in [-0.1, -0.05) is 11.3 Å².